The minimum absolute atomic E-state index is 0.0842. The fourth-order valence-corrected chi connectivity index (χ4v) is 2.12. The van der Waals surface area contributed by atoms with Crippen LogP contribution in [0, 0.1) is 0 Å². The summed E-state index contributed by atoms with van der Waals surface area (Å²) in [4.78, 5) is 27.3. The summed E-state index contributed by atoms with van der Waals surface area (Å²) in [5.41, 5.74) is 0.758. The number of pyridine rings is 1. The number of fused-ring (bicyclic) bond motifs is 1. The predicted octanol–water partition coefficient (Wildman–Crippen LogP) is 1.62. The maximum absolute atomic E-state index is 11.6. The van der Waals surface area contributed by atoms with Crippen LogP contribution in [0.2, 0.25) is 0 Å². The van der Waals surface area contributed by atoms with Gasteiger partial charge in [0.15, 0.2) is 0 Å². The van der Waals surface area contributed by atoms with Gasteiger partial charge in [-0.25, -0.2) is 9.78 Å². The van der Waals surface area contributed by atoms with E-state index in [1.54, 1.807) is 24.3 Å². The second-order valence-electron chi connectivity index (χ2n) is 5.07. The van der Waals surface area contributed by atoms with Crippen molar-refractivity contribution in [2.24, 2.45) is 0 Å². The summed E-state index contributed by atoms with van der Waals surface area (Å²) in [6, 6.07) is 8.79. The van der Waals surface area contributed by atoms with Crippen LogP contribution in [0.25, 0.3) is 10.9 Å². The molecule has 1 aromatic carbocycles. The maximum Gasteiger partial charge on any atom is 0.336 e. The van der Waals surface area contributed by atoms with Gasteiger partial charge in [-0.05, 0) is 25.0 Å². The maximum atomic E-state index is 11.6. The number of nitrogens with zero attached hydrogens (tertiary/aromatic N) is 1. The first-order valence-electron chi connectivity index (χ1n) is 6.80. The Hall–Kier alpha value is -2.63. The number of aromatic carboxylic acids is 1. The van der Waals surface area contributed by atoms with Crippen molar-refractivity contribution in [3.63, 3.8) is 0 Å². The number of carbonyl (C=O) groups is 2. The Morgan fingerprint density at radius 2 is 2.05 bits per heavy atom. The van der Waals surface area contributed by atoms with E-state index in [1.165, 1.54) is 6.07 Å². The lowest BCUT2D eigenvalue weighted by Crippen LogP contribution is -2.31. The summed E-state index contributed by atoms with van der Waals surface area (Å²) >= 11 is 0. The molecule has 0 spiro atoms. The Labute approximate surface area is 121 Å². The molecular formula is C15H15N3O3. The van der Waals surface area contributed by atoms with Crippen molar-refractivity contribution < 1.29 is 14.7 Å². The molecule has 2 aromatic rings. The van der Waals surface area contributed by atoms with E-state index in [1.807, 2.05) is 0 Å². The molecule has 0 aliphatic heterocycles. The number of anilines is 1. The first-order valence-corrected chi connectivity index (χ1v) is 6.80. The van der Waals surface area contributed by atoms with E-state index < -0.39 is 5.97 Å². The quantitative estimate of drug-likeness (QED) is 0.776. The van der Waals surface area contributed by atoms with Crippen LogP contribution in [-0.4, -0.2) is 34.6 Å². The molecule has 0 unspecified atom stereocenters. The van der Waals surface area contributed by atoms with Gasteiger partial charge in [-0.2, -0.15) is 0 Å². The molecule has 1 aromatic heterocycles. The van der Waals surface area contributed by atoms with Gasteiger partial charge in [-0.15, -0.1) is 0 Å². The van der Waals surface area contributed by atoms with Crippen molar-refractivity contribution in [3.8, 4) is 0 Å². The second kappa shape index (κ2) is 5.40. The van der Waals surface area contributed by atoms with E-state index in [9.17, 15) is 14.7 Å². The predicted molar refractivity (Wildman–Crippen MR) is 78.4 cm³/mol. The molecule has 0 atom stereocenters. The van der Waals surface area contributed by atoms with Crippen molar-refractivity contribution in [2.75, 3.05) is 11.9 Å². The fraction of sp³-hybridized carbons (Fsp3) is 0.267. The fourth-order valence-electron chi connectivity index (χ4n) is 2.12. The number of rotatable bonds is 5. The summed E-state index contributed by atoms with van der Waals surface area (Å²) in [5.74, 6) is -0.736. The molecule has 0 bridgehead atoms. The molecule has 0 radical (unpaired) electrons. The van der Waals surface area contributed by atoms with Crippen molar-refractivity contribution in [3.05, 3.63) is 35.9 Å². The number of nitrogens with one attached hydrogen (secondary N) is 2. The summed E-state index contributed by atoms with van der Waals surface area (Å²) in [7, 11) is 0. The molecule has 6 nitrogen and oxygen atoms in total. The molecule has 1 fully saturated rings. The lowest BCUT2D eigenvalue weighted by atomic mass is 10.1. The van der Waals surface area contributed by atoms with Gasteiger partial charge >= 0.3 is 5.97 Å². The number of carboxylic acid groups (broad SMARTS) is 1. The zero-order chi connectivity index (χ0) is 14.8. The van der Waals surface area contributed by atoms with Gasteiger partial charge in [-0.3, -0.25) is 4.79 Å². The number of carbonyl (C=O) groups excluding carboxylic acids is 1. The van der Waals surface area contributed by atoms with Crippen LogP contribution in [0.1, 0.15) is 23.2 Å². The molecule has 1 aliphatic rings. The van der Waals surface area contributed by atoms with Crippen molar-refractivity contribution in [2.45, 2.75) is 18.9 Å². The number of hydrogen-bond acceptors (Lipinski definition) is 4. The highest BCUT2D eigenvalue weighted by molar-refractivity contribution is 6.03. The Balaban J connectivity index is 1.81. The first-order chi connectivity index (χ1) is 10.1. The molecular weight excluding hydrogens is 270 g/mol. The standard InChI is InChI=1S/C15H15N3O3/c19-14(17-9-5-6-9)8-16-13-7-11(15(20)21)10-3-1-2-4-12(10)18-13/h1-4,7,9H,5-6,8H2,(H,16,18)(H,17,19)(H,20,21). The van der Waals surface area contributed by atoms with Crippen LogP contribution < -0.4 is 10.6 Å². The van der Waals surface area contributed by atoms with E-state index >= 15 is 0 Å². The Morgan fingerprint density at radius 3 is 2.76 bits per heavy atom. The topological polar surface area (TPSA) is 91.3 Å². The van der Waals surface area contributed by atoms with Gasteiger partial charge in [0, 0.05) is 11.4 Å². The molecule has 6 heteroatoms. The molecule has 3 N–H and O–H groups in total. The molecule has 1 heterocycles. The second-order valence-corrected chi connectivity index (χ2v) is 5.07. The molecule has 108 valence electrons. The van der Waals surface area contributed by atoms with Crippen LogP contribution in [0.3, 0.4) is 0 Å². The molecule has 1 aliphatic carbocycles. The van der Waals surface area contributed by atoms with Gasteiger partial charge in [-0.1, -0.05) is 18.2 Å². The van der Waals surface area contributed by atoms with Gasteiger partial charge in [0.25, 0.3) is 0 Å². The summed E-state index contributed by atoms with van der Waals surface area (Å²) < 4.78 is 0. The SMILES string of the molecule is O=C(CNc1cc(C(=O)O)c2ccccc2n1)NC1CC1. The highest BCUT2D eigenvalue weighted by Crippen LogP contribution is 2.21. The highest BCUT2D eigenvalue weighted by Gasteiger charge is 2.23. The normalized spacial score (nSPS) is 13.9. The third kappa shape index (κ3) is 3.10. The number of aromatic nitrogens is 1. The first kappa shape index (κ1) is 13.4. The molecule has 1 saturated carbocycles. The summed E-state index contributed by atoms with van der Waals surface area (Å²) in [6.07, 6.45) is 2.06. The van der Waals surface area contributed by atoms with Crippen LogP contribution >= 0.6 is 0 Å². The van der Waals surface area contributed by atoms with Crippen molar-refractivity contribution in [1.29, 1.82) is 0 Å². The largest absolute Gasteiger partial charge is 0.478 e. The molecule has 3 rings (SSSR count). The monoisotopic (exact) mass is 285 g/mol. The number of para-hydroxylation sites is 1. The van der Waals surface area contributed by atoms with E-state index in [2.05, 4.69) is 15.6 Å². The Bertz CT molecular complexity index is 710. The lowest BCUT2D eigenvalue weighted by molar-refractivity contribution is -0.119. The van der Waals surface area contributed by atoms with Crippen LogP contribution in [-0.2, 0) is 4.79 Å². The lowest BCUT2D eigenvalue weighted by Gasteiger charge is -2.09. The van der Waals surface area contributed by atoms with Crippen LogP contribution in [0.15, 0.2) is 30.3 Å². The molecule has 1 amide bonds. The van der Waals surface area contributed by atoms with Crippen molar-refractivity contribution in [1.82, 2.24) is 10.3 Å². The summed E-state index contributed by atoms with van der Waals surface area (Å²) in [5, 5.41) is 15.6. The van der Waals surface area contributed by atoms with E-state index in [4.69, 9.17) is 0 Å². The summed E-state index contributed by atoms with van der Waals surface area (Å²) in [6.45, 7) is 0.0842. The Morgan fingerprint density at radius 1 is 1.29 bits per heavy atom. The smallest absolute Gasteiger partial charge is 0.336 e. The third-order valence-corrected chi connectivity index (χ3v) is 3.32. The van der Waals surface area contributed by atoms with Gasteiger partial charge in [0.1, 0.15) is 5.82 Å². The van der Waals surface area contributed by atoms with Crippen LogP contribution in [0.5, 0.6) is 0 Å². The average Bonchev–Trinajstić information content (AvgIpc) is 3.28. The zero-order valence-corrected chi connectivity index (χ0v) is 11.3. The molecule has 0 saturated heterocycles. The minimum atomic E-state index is -1.01. The van der Waals surface area contributed by atoms with E-state index in [0.717, 1.165) is 12.8 Å². The van der Waals surface area contributed by atoms with Crippen molar-refractivity contribution >= 4 is 28.6 Å². The van der Waals surface area contributed by atoms with Gasteiger partial charge < -0.3 is 15.7 Å². The van der Waals surface area contributed by atoms with Gasteiger partial charge in [0.2, 0.25) is 5.91 Å². The Kier molecular flexibility index (Phi) is 3.43. The van der Waals surface area contributed by atoms with Gasteiger partial charge in [0.05, 0.1) is 17.6 Å². The van der Waals surface area contributed by atoms with E-state index in [0.29, 0.717) is 22.8 Å². The number of amides is 1. The van der Waals surface area contributed by atoms with E-state index in [-0.39, 0.29) is 18.0 Å². The van der Waals surface area contributed by atoms with Crippen LogP contribution in [0.4, 0.5) is 5.82 Å². The number of hydrogen-bond donors (Lipinski definition) is 3. The molecule has 21 heavy (non-hydrogen) atoms. The number of benzene rings is 1. The zero-order valence-electron chi connectivity index (χ0n) is 11.3. The third-order valence-electron chi connectivity index (χ3n) is 3.32. The average molecular weight is 285 g/mol. The highest BCUT2D eigenvalue weighted by atomic mass is 16.4. The minimum Gasteiger partial charge on any atom is -0.478 e. The number of carboxylic acids is 1.